The molecule has 0 aromatic heterocycles. The molecule has 1 aliphatic heterocycles. The van der Waals surface area contributed by atoms with Crippen LogP contribution in [0.2, 0.25) is 10.0 Å². The minimum absolute atomic E-state index is 0.201. The minimum atomic E-state index is 0.201. The van der Waals surface area contributed by atoms with Gasteiger partial charge in [0.05, 0.1) is 16.1 Å². The standard InChI is InChI=1S/C16H21Cl2NO/c1-19-10-16(6-7-20-15(16)12-3-4-12)9-11-2-5-13(17)14(18)8-11/h2,5,8,12,15,19H,3-4,6-7,9-10H2,1H3. The van der Waals surface area contributed by atoms with Gasteiger partial charge in [0.25, 0.3) is 0 Å². The van der Waals surface area contributed by atoms with Gasteiger partial charge >= 0.3 is 0 Å². The summed E-state index contributed by atoms with van der Waals surface area (Å²) in [7, 11) is 2.03. The molecule has 2 nitrogen and oxygen atoms in total. The molecule has 20 heavy (non-hydrogen) atoms. The van der Waals surface area contributed by atoms with Gasteiger partial charge in [-0.3, -0.25) is 0 Å². The maximum Gasteiger partial charge on any atom is 0.0675 e. The normalized spacial score (nSPS) is 29.9. The molecule has 4 heteroatoms. The van der Waals surface area contributed by atoms with Crippen LogP contribution in [0.4, 0.5) is 0 Å². The molecule has 1 N–H and O–H groups in total. The van der Waals surface area contributed by atoms with Crippen LogP contribution in [0.3, 0.4) is 0 Å². The third kappa shape index (κ3) is 2.85. The number of nitrogens with one attached hydrogen (secondary N) is 1. The SMILES string of the molecule is CNCC1(Cc2ccc(Cl)c(Cl)c2)CCOC1C1CC1. The highest BCUT2D eigenvalue weighted by Crippen LogP contribution is 2.49. The highest BCUT2D eigenvalue weighted by molar-refractivity contribution is 6.42. The van der Waals surface area contributed by atoms with Gasteiger partial charge in [0.15, 0.2) is 0 Å². The summed E-state index contributed by atoms with van der Waals surface area (Å²) in [5, 5.41) is 4.64. The minimum Gasteiger partial charge on any atom is -0.377 e. The van der Waals surface area contributed by atoms with Gasteiger partial charge in [-0.1, -0.05) is 29.3 Å². The molecule has 110 valence electrons. The maximum atomic E-state index is 6.15. The van der Waals surface area contributed by atoms with Crippen molar-refractivity contribution in [2.24, 2.45) is 11.3 Å². The molecule has 2 atom stereocenters. The van der Waals surface area contributed by atoms with Crippen LogP contribution in [0.1, 0.15) is 24.8 Å². The summed E-state index contributed by atoms with van der Waals surface area (Å²) >= 11 is 12.2. The Morgan fingerprint density at radius 3 is 2.75 bits per heavy atom. The summed E-state index contributed by atoms with van der Waals surface area (Å²) < 4.78 is 6.07. The van der Waals surface area contributed by atoms with Crippen molar-refractivity contribution in [1.29, 1.82) is 0 Å². The number of ether oxygens (including phenoxy) is 1. The van der Waals surface area contributed by atoms with Crippen LogP contribution < -0.4 is 5.32 Å². The molecule has 0 bridgehead atoms. The summed E-state index contributed by atoms with van der Waals surface area (Å²) in [4.78, 5) is 0. The van der Waals surface area contributed by atoms with Crippen molar-refractivity contribution in [3.63, 3.8) is 0 Å². The molecule has 2 unspecified atom stereocenters. The highest BCUT2D eigenvalue weighted by atomic mass is 35.5. The summed E-state index contributed by atoms with van der Waals surface area (Å²) in [6, 6.07) is 5.99. The van der Waals surface area contributed by atoms with E-state index in [1.807, 2.05) is 19.2 Å². The van der Waals surface area contributed by atoms with E-state index in [4.69, 9.17) is 27.9 Å². The molecule has 0 spiro atoms. The molecule has 1 aromatic rings. The molecule has 2 fully saturated rings. The monoisotopic (exact) mass is 313 g/mol. The molecule has 1 aliphatic carbocycles. The number of benzene rings is 1. The molecule has 2 aliphatic rings. The van der Waals surface area contributed by atoms with Gasteiger partial charge in [0.1, 0.15) is 0 Å². The summed E-state index contributed by atoms with van der Waals surface area (Å²) in [5.41, 5.74) is 1.46. The molecule has 1 heterocycles. The number of hydrogen-bond acceptors (Lipinski definition) is 2. The first kappa shape index (κ1) is 14.6. The van der Waals surface area contributed by atoms with Gasteiger partial charge in [0, 0.05) is 18.6 Å². The zero-order valence-electron chi connectivity index (χ0n) is 11.8. The Labute approximate surface area is 130 Å². The van der Waals surface area contributed by atoms with Gasteiger partial charge < -0.3 is 10.1 Å². The van der Waals surface area contributed by atoms with Crippen LogP contribution in [0.25, 0.3) is 0 Å². The Bertz CT molecular complexity index is 489. The molecular weight excluding hydrogens is 293 g/mol. The first-order valence-corrected chi connectivity index (χ1v) is 8.10. The topological polar surface area (TPSA) is 21.3 Å². The smallest absolute Gasteiger partial charge is 0.0675 e. The molecule has 0 amide bonds. The van der Waals surface area contributed by atoms with Gasteiger partial charge in [0.2, 0.25) is 0 Å². The van der Waals surface area contributed by atoms with Crippen LogP contribution >= 0.6 is 23.2 Å². The van der Waals surface area contributed by atoms with Crippen LogP contribution in [0, 0.1) is 11.3 Å². The van der Waals surface area contributed by atoms with Crippen molar-refractivity contribution in [2.75, 3.05) is 20.2 Å². The second-order valence-electron chi connectivity index (χ2n) is 6.20. The van der Waals surface area contributed by atoms with Crippen LogP contribution in [-0.4, -0.2) is 26.3 Å². The third-order valence-electron chi connectivity index (χ3n) is 4.62. The maximum absolute atomic E-state index is 6.15. The Hall–Kier alpha value is -0.280. The second-order valence-corrected chi connectivity index (χ2v) is 7.01. The molecular formula is C16H21Cl2NO. The lowest BCUT2D eigenvalue weighted by Crippen LogP contribution is -2.42. The van der Waals surface area contributed by atoms with Gasteiger partial charge in [-0.25, -0.2) is 0 Å². The lowest BCUT2D eigenvalue weighted by Gasteiger charge is -2.34. The summed E-state index contributed by atoms with van der Waals surface area (Å²) in [6.45, 7) is 1.87. The van der Waals surface area contributed by atoms with Crippen molar-refractivity contribution in [3.05, 3.63) is 33.8 Å². The predicted octanol–water partition coefficient (Wildman–Crippen LogP) is 3.94. The quantitative estimate of drug-likeness (QED) is 0.889. The van der Waals surface area contributed by atoms with Crippen molar-refractivity contribution >= 4 is 23.2 Å². The molecule has 3 rings (SSSR count). The van der Waals surface area contributed by atoms with E-state index in [0.717, 1.165) is 31.9 Å². The molecule has 1 saturated heterocycles. The molecule has 1 aromatic carbocycles. The van der Waals surface area contributed by atoms with Crippen LogP contribution in [0.15, 0.2) is 18.2 Å². The Kier molecular flexibility index (Phi) is 4.28. The van der Waals surface area contributed by atoms with E-state index in [9.17, 15) is 0 Å². The number of rotatable bonds is 5. The Morgan fingerprint density at radius 1 is 1.30 bits per heavy atom. The van der Waals surface area contributed by atoms with Gasteiger partial charge in [-0.2, -0.15) is 0 Å². The molecule has 0 radical (unpaired) electrons. The largest absolute Gasteiger partial charge is 0.377 e. The van der Waals surface area contributed by atoms with E-state index < -0.39 is 0 Å². The lowest BCUT2D eigenvalue weighted by molar-refractivity contribution is 0.0314. The van der Waals surface area contributed by atoms with E-state index in [2.05, 4.69) is 11.4 Å². The fraction of sp³-hybridized carbons (Fsp3) is 0.625. The predicted molar refractivity (Wildman–Crippen MR) is 83.6 cm³/mol. The first-order valence-electron chi connectivity index (χ1n) is 7.35. The van der Waals surface area contributed by atoms with E-state index in [1.165, 1.54) is 18.4 Å². The van der Waals surface area contributed by atoms with Crippen LogP contribution in [0.5, 0.6) is 0 Å². The van der Waals surface area contributed by atoms with Crippen molar-refractivity contribution in [3.8, 4) is 0 Å². The summed E-state index contributed by atoms with van der Waals surface area (Å²) in [6.07, 6.45) is 5.15. The molecule has 1 saturated carbocycles. The second kappa shape index (κ2) is 5.84. The zero-order chi connectivity index (χ0) is 14.2. The van der Waals surface area contributed by atoms with Gasteiger partial charge in [-0.15, -0.1) is 0 Å². The fourth-order valence-corrected chi connectivity index (χ4v) is 3.91. The average Bonchev–Trinajstić information content (AvgIpc) is 3.17. The van der Waals surface area contributed by atoms with E-state index in [0.29, 0.717) is 16.1 Å². The number of hydrogen-bond donors (Lipinski definition) is 1. The zero-order valence-corrected chi connectivity index (χ0v) is 13.3. The van der Waals surface area contributed by atoms with Crippen molar-refractivity contribution < 1.29 is 4.74 Å². The highest BCUT2D eigenvalue weighted by Gasteiger charge is 2.50. The van der Waals surface area contributed by atoms with Crippen LogP contribution in [-0.2, 0) is 11.2 Å². The lowest BCUT2D eigenvalue weighted by atomic mass is 9.74. The van der Waals surface area contributed by atoms with Crippen molar-refractivity contribution in [2.45, 2.75) is 31.8 Å². The third-order valence-corrected chi connectivity index (χ3v) is 5.36. The summed E-state index contributed by atoms with van der Waals surface area (Å²) in [5.74, 6) is 0.758. The Balaban J connectivity index is 1.84. The fourth-order valence-electron chi connectivity index (χ4n) is 3.59. The van der Waals surface area contributed by atoms with Crippen molar-refractivity contribution in [1.82, 2.24) is 5.32 Å². The average molecular weight is 314 g/mol. The van der Waals surface area contributed by atoms with E-state index >= 15 is 0 Å². The Morgan fingerprint density at radius 2 is 2.10 bits per heavy atom. The number of halogens is 2. The van der Waals surface area contributed by atoms with Gasteiger partial charge in [-0.05, 0) is 56.3 Å². The van der Waals surface area contributed by atoms with E-state index in [-0.39, 0.29) is 5.41 Å². The first-order chi connectivity index (χ1) is 9.64. The van der Waals surface area contributed by atoms with E-state index in [1.54, 1.807) is 0 Å².